The van der Waals surface area contributed by atoms with Gasteiger partial charge in [-0.25, -0.2) is 4.68 Å². The predicted octanol–water partition coefficient (Wildman–Crippen LogP) is 1.76. The molecule has 0 amide bonds. The Balaban J connectivity index is 2.86. The molecule has 1 unspecified atom stereocenters. The van der Waals surface area contributed by atoms with Crippen LogP contribution < -0.4 is 11.1 Å². The van der Waals surface area contributed by atoms with Crippen LogP contribution in [0.15, 0.2) is 0 Å². The molecule has 1 rings (SSSR count). The monoisotopic (exact) mass is 240 g/mol. The fourth-order valence-electron chi connectivity index (χ4n) is 1.85. The van der Waals surface area contributed by atoms with Gasteiger partial charge in [-0.05, 0) is 26.2 Å². The van der Waals surface area contributed by atoms with E-state index in [0.29, 0.717) is 0 Å². The molecular formula is C12H24N4O. The highest BCUT2D eigenvalue weighted by Crippen LogP contribution is 2.24. The summed E-state index contributed by atoms with van der Waals surface area (Å²) in [5.41, 5.74) is 7.60. The fraction of sp³-hybridized carbons (Fsp3) is 0.750. The molecule has 5 heteroatoms. The summed E-state index contributed by atoms with van der Waals surface area (Å²) >= 11 is 0. The van der Waals surface area contributed by atoms with E-state index in [2.05, 4.69) is 24.3 Å². The van der Waals surface area contributed by atoms with Gasteiger partial charge in [-0.1, -0.05) is 13.8 Å². The Morgan fingerprint density at radius 3 is 2.71 bits per heavy atom. The lowest BCUT2D eigenvalue weighted by Gasteiger charge is -2.18. The summed E-state index contributed by atoms with van der Waals surface area (Å²) in [5.74, 6) is 0.893. The summed E-state index contributed by atoms with van der Waals surface area (Å²) in [6.07, 6.45) is 2.70. The fourth-order valence-corrected chi connectivity index (χ4v) is 1.85. The van der Waals surface area contributed by atoms with Crippen LogP contribution >= 0.6 is 0 Å². The molecule has 0 aliphatic carbocycles. The normalized spacial score (nSPS) is 12.7. The van der Waals surface area contributed by atoms with Gasteiger partial charge in [-0.3, -0.25) is 0 Å². The van der Waals surface area contributed by atoms with E-state index in [1.165, 1.54) is 0 Å². The van der Waals surface area contributed by atoms with E-state index in [4.69, 9.17) is 10.8 Å². The Hall–Kier alpha value is -1.23. The Kier molecular flexibility index (Phi) is 5.28. The van der Waals surface area contributed by atoms with Gasteiger partial charge < -0.3 is 16.2 Å². The van der Waals surface area contributed by atoms with Gasteiger partial charge in [0, 0.05) is 19.2 Å². The van der Waals surface area contributed by atoms with Crippen molar-refractivity contribution in [1.82, 2.24) is 9.78 Å². The number of nitrogens with one attached hydrogen (secondary N) is 1. The van der Waals surface area contributed by atoms with Gasteiger partial charge in [0.1, 0.15) is 5.82 Å². The van der Waals surface area contributed by atoms with E-state index >= 15 is 0 Å². The van der Waals surface area contributed by atoms with Crippen molar-refractivity contribution in [2.24, 2.45) is 0 Å². The van der Waals surface area contributed by atoms with Crippen molar-refractivity contribution in [2.75, 3.05) is 17.7 Å². The number of nitrogens with zero attached hydrogens (tertiary/aromatic N) is 2. The molecule has 0 aromatic carbocycles. The maximum atomic E-state index is 9.00. The molecule has 0 radical (unpaired) electrons. The minimum Gasteiger partial charge on any atom is -0.396 e. The summed E-state index contributed by atoms with van der Waals surface area (Å²) in [4.78, 5) is 0. The van der Waals surface area contributed by atoms with Crippen LogP contribution in [-0.2, 0) is 6.54 Å². The third-order valence-corrected chi connectivity index (χ3v) is 2.92. The second-order valence-corrected chi connectivity index (χ2v) is 4.33. The third-order valence-electron chi connectivity index (χ3n) is 2.92. The minimum absolute atomic E-state index is 0.187. The first-order valence-corrected chi connectivity index (χ1v) is 6.34. The van der Waals surface area contributed by atoms with Crippen LogP contribution in [0.4, 0.5) is 11.5 Å². The molecule has 1 aromatic heterocycles. The number of nitrogen functional groups attached to an aromatic ring is 1. The minimum atomic E-state index is 0.187. The average molecular weight is 240 g/mol. The van der Waals surface area contributed by atoms with Crippen molar-refractivity contribution >= 4 is 11.5 Å². The van der Waals surface area contributed by atoms with Crippen molar-refractivity contribution in [3.8, 4) is 0 Å². The predicted molar refractivity (Wildman–Crippen MR) is 71.1 cm³/mol. The summed E-state index contributed by atoms with van der Waals surface area (Å²) in [6, 6.07) is 0.244. The van der Waals surface area contributed by atoms with Gasteiger partial charge in [-0.2, -0.15) is 5.10 Å². The first kappa shape index (κ1) is 13.8. The third kappa shape index (κ3) is 3.36. The van der Waals surface area contributed by atoms with Crippen LogP contribution in [0, 0.1) is 6.92 Å². The van der Waals surface area contributed by atoms with E-state index < -0.39 is 0 Å². The molecule has 0 fully saturated rings. The van der Waals surface area contributed by atoms with Crippen LogP contribution in [0.25, 0.3) is 0 Å². The Morgan fingerprint density at radius 1 is 1.47 bits per heavy atom. The first-order valence-electron chi connectivity index (χ1n) is 6.34. The number of aryl methyl sites for hydroxylation is 2. The summed E-state index contributed by atoms with van der Waals surface area (Å²) in [6.45, 7) is 7.17. The van der Waals surface area contributed by atoms with Crippen molar-refractivity contribution in [2.45, 2.75) is 52.6 Å². The highest BCUT2D eigenvalue weighted by molar-refractivity contribution is 5.65. The Bertz CT molecular complexity index is 349. The van der Waals surface area contributed by atoms with Crippen LogP contribution in [0.3, 0.4) is 0 Å². The quantitative estimate of drug-likeness (QED) is 0.678. The lowest BCUT2D eigenvalue weighted by molar-refractivity contribution is 0.278. The molecule has 0 aliphatic heterocycles. The second-order valence-electron chi connectivity index (χ2n) is 4.33. The van der Waals surface area contributed by atoms with Gasteiger partial charge >= 0.3 is 0 Å². The largest absolute Gasteiger partial charge is 0.396 e. The highest BCUT2D eigenvalue weighted by atomic mass is 16.3. The highest BCUT2D eigenvalue weighted by Gasteiger charge is 2.15. The molecule has 0 bridgehead atoms. The summed E-state index contributed by atoms with van der Waals surface area (Å²) in [5, 5.41) is 16.8. The molecule has 5 nitrogen and oxygen atoms in total. The molecule has 98 valence electrons. The number of anilines is 2. The van der Waals surface area contributed by atoms with Crippen molar-refractivity contribution < 1.29 is 5.11 Å². The van der Waals surface area contributed by atoms with Gasteiger partial charge in [0.15, 0.2) is 0 Å². The maximum absolute atomic E-state index is 9.00. The zero-order valence-corrected chi connectivity index (χ0v) is 11.0. The van der Waals surface area contributed by atoms with Crippen LogP contribution in [-0.4, -0.2) is 27.5 Å². The zero-order valence-electron chi connectivity index (χ0n) is 11.0. The van der Waals surface area contributed by atoms with E-state index in [1.54, 1.807) is 0 Å². The summed E-state index contributed by atoms with van der Waals surface area (Å²) < 4.78 is 1.92. The number of nitrogens with two attached hydrogens (primary N) is 1. The van der Waals surface area contributed by atoms with E-state index in [1.807, 2.05) is 11.6 Å². The molecule has 0 aliphatic rings. The van der Waals surface area contributed by atoms with Gasteiger partial charge in [0.2, 0.25) is 0 Å². The number of hydrogen-bond donors (Lipinski definition) is 3. The van der Waals surface area contributed by atoms with Crippen LogP contribution in [0.1, 0.15) is 38.8 Å². The van der Waals surface area contributed by atoms with E-state index in [9.17, 15) is 0 Å². The lowest BCUT2D eigenvalue weighted by atomic mass is 10.1. The molecule has 4 N–H and O–H groups in total. The maximum Gasteiger partial charge on any atom is 0.148 e. The number of hydrogen-bond acceptors (Lipinski definition) is 4. The molecule has 1 aromatic rings. The standard InChI is InChI=1S/C12H24N4O/c1-4-7-16-12(11(13)9(3)15-16)14-10(5-2)6-8-17/h10,14,17H,4-8,13H2,1-3H3. The lowest BCUT2D eigenvalue weighted by Crippen LogP contribution is -2.22. The summed E-state index contributed by atoms with van der Waals surface area (Å²) in [7, 11) is 0. The molecule has 0 saturated carbocycles. The van der Waals surface area contributed by atoms with Crippen LogP contribution in [0.5, 0.6) is 0 Å². The molecular weight excluding hydrogens is 216 g/mol. The molecule has 0 saturated heterocycles. The van der Waals surface area contributed by atoms with Crippen molar-refractivity contribution in [3.63, 3.8) is 0 Å². The van der Waals surface area contributed by atoms with E-state index in [0.717, 1.165) is 43.0 Å². The smallest absolute Gasteiger partial charge is 0.148 e. The molecule has 1 heterocycles. The average Bonchev–Trinajstić information content (AvgIpc) is 2.56. The Morgan fingerprint density at radius 2 is 2.18 bits per heavy atom. The number of aliphatic hydroxyl groups excluding tert-OH is 1. The zero-order chi connectivity index (χ0) is 12.8. The van der Waals surface area contributed by atoms with Crippen molar-refractivity contribution in [3.05, 3.63) is 5.69 Å². The number of aliphatic hydroxyl groups is 1. The topological polar surface area (TPSA) is 76.1 Å². The first-order chi connectivity index (χ1) is 8.13. The van der Waals surface area contributed by atoms with Gasteiger partial charge in [-0.15, -0.1) is 0 Å². The van der Waals surface area contributed by atoms with Crippen molar-refractivity contribution in [1.29, 1.82) is 0 Å². The molecule has 17 heavy (non-hydrogen) atoms. The molecule has 1 atom stereocenters. The van der Waals surface area contributed by atoms with Crippen LogP contribution in [0.2, 0.25) is 0 Å². The second kappa shape index (κ2) is 6.49. The van der Waals surface area contributed by atoms with Gasteiger partial charge in [0.05, 0.1) is 11.4 Å². The van der Waals surface area contributed by atoms with Gasteiger partial charge in [0.25, 0.3) is 0 Å². The molecule has 0 spiro atoms. The number of aromatic nitrogens is 2. The van der Waals surface area contributed by atoms with E-state index in [-0.39, 0.29) is 12.6 Å². The number of rotatable bonds is 7. The Labute approximate surface area is 103 Å². The SMILES string of the molecule is CCCn1nc(C)c(N)c1NC(CC)CCO.